The fourth-order valence-electron chi connectivity index (χ4n) is 3.31. The molecule has 1 aliphatic rings. The molecule has 2 aromatic carbocycles. The summed E-state index contributed by atoms with van der Waals surface area (Å²) < 4.78 is 83.3. The first-order valence-corrected chi connectivity index (χ1v) is 10.00. The summed E-state index contributed by atoms with van der Waals surface area (Å²) in [6.45, 7) is 0.784. The average Bonchev–Trinajstić information content (AvgIpc) is 3.28. The van der Waals surface area contributed by atoms with Crippen molar-refractivity contribution in [1.29, 1.82) is 0 Å². The summed E-state index contributed by atoms with van der Waals surface area (Å²) in [4.78, 5) is 24.6. The van der Waals surface area contributed by atoms with Crippen LogP contribution in [-0.2, 0) is 23.6 Å². The summed E-state index contributed by atoms with van der Waals surface area (Å²) in [5.74, 6) is -1.48. The van der Waals surface area contributed by atoms with Gasteiger partial charge >= 0.3 is 12.4 Å². The molecular weight excluding hydrogens is 454 g/mol. The Labute approximate surface area is 185 Å². The van der Waals surface area contributed by atoms with Crippen LogP contribution in [0.3, 0.4) is 0 Å². The van der Waals surface area contributed by atoms with E-state index in [0.29, 0.717) is 30.8 Å². The van der Waals surface area contributed by atoms with Crippen molar-refractivity contribution in [3.05, 3.63) is 70.3 Å². The Morgan fingerprint density at radius 1 is 0.879 bits per heavy atom. The van der Waals surface area contributed by atoms with Crippen LogP contribution in [0.25, 0.3) is 0 Å². The Morgan fingerprint density at radius 3 is 2.09 bits per heavy atom. The Balaban J connectivity index is 1.68. The number of nitrogens with one attached hydrogen (secondary N) is 2. The molecule has 2 N–H and O–H groups in total. The molecule has 1 saturated heterocycles. The quantitative estimate of drug-likeness (QED) is 0.604. The molecule has 1 heterocycles. The highest BCUT2D eigenvalue weighted by Crippen LogP contribution is 2.36. The molecule has 0 bridgehead atoms. The second-order valence-electron chi connectivity index (χ2n) is 7.52. The van der Waals surface area contributed by atoms with Crippen molar-refractivity contribution >= 4 is 11.8 Å². The van der Waals surface area contributed by atoms with Crippen LogP contribution in [0.4, 0.5) is 26.3 Å². The van der Waals surface area contributed by atoms with Crippen LogP contribution < -0.4 is 10.6 Å². The number of halogens is 6. The molecule has 11 heteroatoms. The van der Waals surface area contributed by atoms with E-state index in [1.807, 2.05) is 0 Å². The molecule has 0 spiro atoms. The second-order valence-corrected chi connectivity index (χ2v) is 7.52. The van der Waals surface area contributed by atoms with E-state index in [2.05, 4.69) is 10.6 Å². The summed E-state index contributed by atoms with van der Waals surface area (Å²) >= 11 is 0. The molecule has 178 valence electrons. The molecule has 5 nitrogen and oxygen atoms in total. The maximum atomic E-state index is 13.0. The van der Waals surface area contributed by atoms with Crippen LogP contribution in [0.1, 0.15) is 50.2 Å². The first kappa shape index (κ1) is 24.6. The molecule has 1 aliphatic heterocycles. The van der Waals surface area contributed by atoms with Crippen LogP contribution in [0, 0.1) is 0 Å². The van der Waals surface area contributed by atoms with Gasteiger partial charge in [0, 0.05) is 30.8 Å². The number of carbonyl (C=O) groups is 2. The van der Waals surface area contributed by atoms with Crippen molar-refractivity contribution in [1.82, 2.24) is 10.6 Å². The molecule has 2 amide bonds. The van der Waals surface area contributed by atoms with Gasteiger partial charge in [-0.15, -0.1) is 0 Å². The minimum atomic E-state index is -5.05. The fraction of sp³-hybridized carbons (Fsp3) is 0.364. The van der Waals surface area contributed by atoms with Gasteiger partial charge in [0.25, 0.3) is 11.8 Å². The summed E-state index contributed by atoms with van der Waals surface area (Å²) in [5.41, 5.74) is -3.20. The van der Waals surface area contributed by atoms with Crippen molar-refractivity contribution in [2.24, 2.45) is 0 Å². The van der Waals surface area contributed by atoms with Crippen molar-refractivity contribution in [2.45, 2.75) is 37.8 Å². The number of ether oxygens (including phenoxy) is 1. The van der Waals surface area contributed by atoms with E-state index in [-0.39, 0.29) is 30.2 Å². The highest BCUT2D eigenvalue weighted by atomic mass is 19.4. The van der Waals surface area contributed by atoms with Crippen molar-refractivity contribution in [3.63, 3.8) is 0 Å². The number of benzene rings is 2. The zero-order valence-electron chi connectivity index (χ0n) is 17.1. The van der Waals surface area contributed by atoms with Gasteiger partial charge < -0.3 is 15.4 Å². The van der Waals surface area contributed by atoms with Crippen molar-refractivity contribution in [2.75, 3.05) is 13.2 Å². The summed E-state index contributed by atoms with van der Waals surface area (Å²) in [5, 5.41) is 5.03. The molecule has 1 unspecified atom stereocenters. The van der Waals surface area contributed by atoms with Gasteiger partial charge in [-0.2, -0.15) is 26.3 Å². The predicted molar refractivity (Wildman–Crippen MR) is 105 cm³/mol. The highest BCUT2D eigenvalue weighted by Gasteiger charge is 2.37. The van der Waals surface area contributed by atoms with Gasteiger partial charge in [0.2, 0.25) is 0 Å². The normalized spacial score (nSPS) is 16.5. The van der Waals surface area contributed by atoms with Crippen LogP contribution >= 0.6 is 0 Å². The maximum Gasteiger partial charge on any atom is 0.416 e. The average molecular weight is 474 g/mol. The number of rotatable bonds is 6. The van der Waals surface area contributed by atoms with E-state index < -0.39 is 35.0 Å². The Bertz CT molecular complexity index is 982. The third kappa shape index (κ3) is 6.70. The molecule has 2 aromatic rings. The standard InChI is InChI=1S/C22H20F6N2O3/c23-21(24,25)16-8-15(9-17(10-16)22(26,27)28)20(32)29-11-13-3-1-4-14(7-13)19(31)30-12-18-5-2-6-33-18/h1,3-4,7-10,18H,2,5-6,11-12H2,(H,29,32)(H,30,31). The van der Waals surface area contributed by atoms with Crippen molar-refractivity contribution < 1.29 is 40.7 Å². The van der Waals surface area contributed by atoms with Gasteiger partial charge in [0.1, 0.15) is 0 Å². The van der Waals surface area contributed by atoms with Gasteiger partial charge in [-0.05, 0) is 48.7 Å². The number of alkyl halides is 6. The molecule has 0 radical (unpaired) electrons. The van der Waals surface area contributed by atoms with Gasteiger partial charge in [-0.25, -0.2) is 0 Å². The van der Waals surface area contributed by atoms with Gasteiger partial charge in [-0.1, -0.05) is 12.1 Å². The molecule has 0 saturated carbocycles. The first-order chi connectivity index (χ1) is 15.4. The van der Waals surface area contributed by atoms with E-state index in [0.717, 1.165) is 12.8 Å². The van der Waals surface area contributed by atoms with Gasteiger partial charge in [0.05, 0.1) is 17.2 Å². The van der Waals surface area contributed by atoms with E-state index >= 15 is 0 Å². The van der Waals surface area contributed by atoms with Crippen LogP contribution in [0.15, 0.2) is 42.5 Å². The monoisotopic (exact) mass is 474 g/mol. The SMILES string of the molecule is O=C(NCc1cccc(C(=O)NCC2CCCO2)c1)c1cc(C(F)(F)F)cc(C(F)(F)F)c1. The lowest BCUT2D eigenvalue weighted by Gasteiger charge is -2.14. The minimum Gasteiger partial charge on any atom is -0.376 e. The zero-order chi connectivity index (χ0) is 24.2. The van der Waals surface area contributed by atoms with E-state index in [4.69, 9.17) is 4.74 Å². The van der Waals surface area contributed by atoms with Gasteiger partial charge in [0.15, 0.2) is 0 Å². The Hall–Kier alpha value is -3.08. The molecule has 33 heavy (non-hydrogen) atoms. The minimum absolute atomic E-state index is 0.0461. The number of carbonyl (C=O) groups excluding carboxylic acids is 2. The number of amides is 2. The highest BCUT2D eigenvalue weighted by molar-refractivity contribution is 5.95. The lowest BCUT2D eigenvalue weighted by molar-refractivity contribution is -0.143. The predicted octanol–water partition coefficient (Wildman–Crippen LogP) is 4.56. The summed E-state index contributed by atoms with van der Waals surface area (Å²) in [6, 6.07) is 6.80. The zero-order valence-corrected chi connectivity index (χ0v) is 17.1. The first-order valence-electron chi connectivity index (χ1n) is 10.00. The fourth-order valence-corrected chi connectivity index (χ4v) is 3.31. The lowest BCUT2D eigenvalue weighted by Crippen LogP contribution is -2.31. The number of hydrogen-bond acceptors (Lipinski definition) is 3. The van der Waals surface area contributed by atoms with E-state index in [9.17, 15) is 35.9 Å². The Kier molecular flexibility index (Phi) is 7.31. The molecule has 1 atom stereocenters. The summed E-state index contributed by atoms with van der Waals surface area (Å²) in [6.07, 6.45) is -8.39. The smallest absolute Gasteiger partial charge is 0.376 e. The summed E-state index contributed by atoms with van der Waals surface area (Å²) in [7, 11) is 0. The van der Waals surface area contributed by atoms with E-state index in [1.54, 1.807) is 18.2 Å². The molecule has 0 aliphatic carbocycles. The third-order valence-corrected chi connectivity index (χ3v) is 5.01. The molecule has 3 rings (SSSR count). The molecule has 1 fully saturated rings. The van der Waals surface area contributed by atoms with Gasteiger partial charge in [-0.3, -0.25) is 9.59 Å². The van der Waals surface area contributed by atoms with Crippen LogP contribution in [0.2, 0.25) is 0 Å². The largest absolute Gasteiger partial charge is 0.416 e. The van der Waals surface area contributed by atoms with E-state index in [1.165, 1.54) is 6.07 Å². The lowest BCUT2D eigenvalue weighted by atomic mass is 10.0. The topological polar surface area (TPSA) is 67.4 Å². The molecule has 0 aromatic heterocycles. The third-order valence-electron chi connectivity index (χ3n) is 5.01. The van der Waals surface area contributed by atoms with Crippen molar-refractivity contribution in [3.8, 4) is 0 Å². The Morgan fingerprint density at radius 2 is 1.52 bits per heavy atom. The maximum absolute atomic E-state index is 13.0. The second kappa shape index (κ2) is 9.82. The van der Waals surface area contributed by atoms with Crippen LogP contribution in [0.5, 0.6) is 0 Å². The number of hydrogen-bond donors (Lipinski definition) is 2. The van der Waals surface area contributed by atoms with Crippen LogP contribution in [-0.4, -0.2) is 31.1 Å². The molecular formula is C22H20F6N2O3.